The molecule has 1 unspecified atom stereocenters. The van der Waals surface area contributed by atoms with E-state index in [4.69, 9.17) is 0 Å². The zero-order valence-electron chi connectivity index (χ0n) is 14.6. The fraction of sp³-hybridized carbons (Fsp3) is 0.400. The first kappa shape index (κ1) is 15.9. The lowest BCUT2D eigenvalue weighted by Crippen LogP contribution is -2.25. The van der Waals surface area contributed by atoms with Crippen LogP contribution in [0.5, 0.6) is 0 Å². The van der Waals surface area contributed by atoms with Gasteiger partial charge in [0.15, 0.2) is 0 Å². The average molecular weight is 336 g/mol. The average Bonchev–Trinajstić information content (AvgIpc) is 3.25. The first-order chi connectivity index (χ1) is 12.2. The molecule has 1 aromatic carbocycles. The second-order valence-electron chi connectivity index (χ2n) is 7.04. The van der Waals surface area contributed by atoms with Crippen LogP contribution < -0.4 is 5.32 Å². The number of H-pyrrole nitrogens is 1. The van der Waals surface area contributed by atoms with Crippen LogP contribution in [0.15, 0.2) is 36.7 Å². The molecule has 0 bridgehead atoms. The maximum absolute atomic E-state index is 12.6. The lowest BCUT2D eigenvalue weighted by molar-refractivity contribution is 0.0954. The summed E-state index contributed by atoms with van der Waals surface area (Å²) in [5.74, 6) is 0.712. The number of carbonyl (C=O) groups excluding carboxylic acids is 1. The van der Waals surface area contributed by atoms with Crippen LogP contribution in [0, 0.1) is 5.92 Å². The number of para-hydroxylation sites is 1. The molecule has 5 heteroatoms. The molecule has 2 aromatic heterocycles. The Kier molecular flexibility index (Phi) is 4.30. The number of fused-ring (bicyclic) bond motifs is 3. The molecule has 0 radical (unpaired) electrons. The predicted molar refractivity (Wildman–Crippen MR) is 98.7 cm³/mol. The van der Waals surface area contributed by atoms with Gasteiger partial charge in [-0.3, -0.25) is 9.48 Å². The maximum atomic E-state index is 12.6. The molecule has 2 heterocycles. The molecule has 1 atom stereocenters. The highest BCUT2D eigenvalue weighted by Crippen LogP contribution is 2.32. The van der Waals surface area contributed by atoms with Gasteiger partial charge in [0.1, 0.15) is 0 Å². The number of rotatable bonds is 5. The van der Waals surface area contributed by atoms with Crippen LogP contribution in [0.4, 0.5) is 0 Å². The van der Waals surface area contributed by atoms with Crippen LogP contribution in [-0.2, 0) is 19.4 Å². The van der Waals surface area contributed by atoms with Gasteiger partial charge in [-0.15, -0.1) is 0 Å². The van der Waals surface area contributed by atoms with Crippen LogP contribution in [0.25, 0.3) is 10.9 Å². The van der Waals surface area contributed by atoms with Crippen LogP contribution in [0.1, 0.15) is 41.4 Å². The van der Waals surface area contributed by atoms with Gasteiger partial charge in [0.05, 0.1) is 11.1 Å². The number of aryl methyl sites for hydroxylation is 2. The molecule has 0 spiro atoms. The smallest absolute Gasteiger partial charge is 0.253 e. The van der Waals surface area contributed by atoms with E-state index < -0.39 is 0 Å². The third-order valence-electron chi connectivity index (χ3n) is 5.12. The molecule has 3 aromatic rings. The largest absolute Gasteiger partial charge is 0.358 e. The van der Waals surface area contributed by atoms with Crippen molar-refractivity contribution < 1.29 is 4.79 Å². The minimum Gasteiger partial charge on any atom is -0.358 e. The van der Waals surface area contributed by atoms with E-state index in [-0.39, 0.29) is 5.91 Å². The molecule has 0 saturated carbocycles. The van der Waals surface area contributed by atoms with E-state index in [0.29, 0.717) is 12.5 Å². The van der Waals surface area contributed by atoms with Gasteiger partial charge < -0.3 is 10.3 Å². The van der Waals surface area contributed by atoms with Crippen molar-refractivity contribution in [3.05, 3.63) is 53.5 Å². The lowest BCUT2D eigenvalue weighted by atomic mass is 9.87. The number of nitrogens with zero attached hydrogens (tertiary/aromatic N) is 2. The summed E-state index contributed by atoms with van der Waals surface area (Å²) in [6, 6.07) is 7.95. The highest BCUT2D eigenvalue weighted by atomic mass is 16.1. The predicted octanol–water partition coefficient (Wildman–Crippen LogP) is 3.31. The number of benzene rings is 1. The highest BCUT2D eigenvalue weighted by Gasteiger charge is 2.22. The molecule has 0 fully saturated rings. The van der Waals surface area contributed by atoms with E-state index in [9.17, 15) is 4.79 Å². The normalized spacial score (nSPS) is 16.8. The molecular formula is C20H24N4O. The van der Waals surface area contributed by atoms with Gasteiger partial charge in [-0.1, -0.05) is 19.1 Å². The van der Waals surface area contributed by atoms with E-state index in [1.165, 1.54) is 23.1 Å². The van der Waals surface area contributed by atoms with Crippen molar-refractivity contribution in [2.75, 3.05) is 6.54 Å². The Morgan fingerprint density at radius 1 is 1.40 bits per heavy atom. The number of aromatic amines is 1. The van der Waals surface area contributed by atoms with Gasteiger partial charge in [0.25, 0.3) is 5.91 Å². The molecule has 1 aliphatic carbocycles. The minimum absolute atomic E-state index is 0.00212. The summed E-state index contributed by atoms with van der Waals surface area (Å²) in [6.07, 6.45) is 7.97. The SMILES string of the molecule is CC1CCc2[nH]c3c(C(=O)NCCCn4cccn4)cccc3c2C1. The van der Waals surface area contributed by atoms with E-state index in [1.54, 1.807) is 6.20 Å². The zero-order chi connectivity index (χ0) is 17.2. The van der Waals surface area contributed by atoms with Crippen molar-refractivity contribution in [1.82, 2.24) is 20.1 Å². The first-order valence-electron chi connectivity index (χ1n) is 9.10. The molecule has 1 aliphatic rings. The molecule has 1 amide bonds. The zero-order valence-corrected chi connectivity index (χ0v) is 14.6. The van der Waals surface area contributed by atoms with E-state index in [0.717, 1.165) is 36.9 Å². The second kappa shape index (κ2) is 6.75. The number of amides is 1. The molecule has 5 nitrogen and oxygen atoms in total. The third-order valence-corrected chi connectivity index (χ3v) is 5.12. The Hall–Kier alpha value is -2.56. The van der Waals surface area contributed by atoms with Crippen molar-refractivity contribution in [3.8, 4) is 0 Å². The standard InChI is InChI=1S/C20H24N4O/c1-14-7-8-18-17(13-14)15-5-2-6-16(19(15)23-18)20(25)21-9-3-11-24-12-4-10-22-24/h2,4-6,10,12,14,23H,3,7-9,11,13H2,1H3,(H,21,25). The molecule has 2 N–H and O–H groups in total. The van der Waals surface area contributed by atoms with Gasteiger partial charge in [-0.05, 0) is 49.3 Å². The Morgan fingerprint density at radius 2 is 2.32 bits per heavy atom. The van der Waals surface area contributed by atoms with Gasteiger partial charge in [-0.25, -0.2) is 0 Å². The number of nitrogens with one attached hydrogen (secondary N) is 2. The fourth-order valence-electron chi connectivity index (χ4n) is 3.78. The van der Waals surface area contributed by atoms with Crippen LogP contribution in [0.3, 0.4) is 0 Å². The van der Waals surface area contributed by atoms with Gasteiger partial charge in [0.2, 0.25) is 0 Å². The first-order valence-corrected chi connectivity index (χ1v) is 9.10. The Morgan fingerprint density at radius 3 is 3.16 bits per heavy atom. The van der Waals surface area contributed by atoms with Crippen molar-refractivity contribution >= 4 is 16.8 Å². The number of aromatic nitrogens is 3. The summed E-state index contributed by atoms with van der Waals surface area (Å²) in [7, 11) is 0. The molecule has 130 valence electrons. The highest BCUT2D eigenvalue weighted by molar-refractivity contribution is 6.06. The summed E-state index contributed by atoms with van der Waals surface area (Å²) in [5.41, 5.74) is 4.46. The van der Waals surface area contributed by atoms with Crippen LogP contribution in [0.2, 0.25) is 0 Å². The van der Waals surface area contributed by atoms with Crippen molar-refractivity contribution in [3.63, 3.8) is 0 Å². The summed E-state index contributed by atoms with van der Waals surface area (Å²) in [6.45, 7) is 3.76. The quantitative estimate of drug-likeness (QED) is 0.702. The fourth-order valence-corrected chi connectivity index (χ4v) is 3.78. The van der Waals surface area contributed by atoms with Crippen LogP contribution >= 0.6 is 0 Å². The molecular weight excluding hydrogens is 312 g/mol. The Balaban J connectivity index is 1.48. The molecule has 25 heavy (non-hydrogen) atoms. The lowest BCUT2D eigenvalue weighted by Gasteiger charge is -2.17. The Bertz CT molecular complexity index is 879. The molecule has 0 aliphatic heterocycles. The Labute approximate surface area is 147 Å². The van der Waals surface area contributed by atoms with E-state index >= 15 is 0 Å². The molecule has 0 saturated heterocycles. The number of hydrogen-bond acceptors (Lipinski definition) is 2. The van der Waals surface area contributed by atoms with Gasteiger partial charge >= 0.3 is 0 Å². The van der Waals surface area contributed by atoms with Gasteiger partial charge in [0, 0.05) is 36.6 Å². The summed E-state index contributed by atoms with van der Waals surface area (Å²) < 4.78 is 1.88. The summed E-state index contributed by atoms with van der Waals surface area (Å²) in [4.78, 5) is 16.2. The van der Waals surface area contributed by atoms with Crippen molar-refractivity contribution in [2.45, 2.75) is 39.2 Å². The minimum atomic E-state index is -0.00212. The van der Waals surface area contributed by atoms with E-state index in [1.807, 2.05) is 29.1 Å². The molecule has 4 rings (SSSR count). The topological polar surface area (TPSA) is 62.7 Å². The maximum Gasteiger partial charge on any atom is 0.253 e. The van der Waals surface area contributed by atoms with E-state index in [2.05, 4.69) is 28.4 Å². The monoisotopic (exact) mass is 336 g/mol. The number of hydrogen-bond donors (Lipinski definition) is 2. The van der Waals surface area contributed by atoms with Crippen molar-refractivity contribution in [1.29, 1.82) is 0 Å². The number of carbonyl (C=O) groups is 1. The van der Waals surface area contributed by atoms with Gasteiger partial charge in [-0.2, -0.15) is 5.10 Å². The summed E-state index contributed by atoms with van der Waals surface area (Å²) in [5, 5.41) is 8.43. The van der Waals surface area contributed by atoms with Crippen LogP contribution in [-0.4, -0.2) is 27.2 Å². The summed E-state index contributed by atoms with van der Waals surface area (Å²) >= 11 is 0. The third kappa shape index (κ3) is 3.18. The van der Waals surface area contributed by atoms with Crippen molar-refractivity contribution in [2.24, 2.45) is 5.92 Å². The second-order valence-corrected chi connectivity index (χ2v) is 7.04.